The molecule has 2 saturated heterocycles. The van der Waals surface area contributed by atoms with Crippen LogP contribution in [0.5, 0.6) is 0 Å². The van der Waals surface area contributed by atoms with E-state index in [0.717, 1.165) is 62.8 Å². The summed E-state index contributed by atoms with van der Waals surface area (Å²) in [5.74, 6) is 0.660. The van der Waals surface area contributed by atoms with Gasteiger partial charge in [0.1, 0.15) is 5.82 Å². The molecule has 2 aliphatic heterocycles. The lowest BCUT2D eigenvalue weighted by atomic mass is 10.2. The van der Waals surface area contributed by atoms with Crippen molar-refractivity contribution in [3.63, 3.8) is 0 Å². The Balaban J connectivity index is 1.65. The van der Waals surface area contributed by atoms with Crippen LogP contribution in [0.25, 0.3) is 0 Å². The van der Waals surface area contributed by atoms with Gasteiger partial charge in [0.05, 0.1) is 19.8 Å². The Morgan fingerprint density at radius 2 is 2.16 bits per heavy atom. The zero-order valence-electron chi connectivity index (χ0n) is 14.7. The molecule has 0 bridgehead atoms. The van der Waals surface area contributed by atoms with Gasteiger partial charge in [-0.25, -0.2) is 9.38 Å². The zero-order chi connectivity index (χ0) is 17.6. The number of hydrogen-bond acceptors (Lipinski definition) is 3. The highest BCUT2D eigenvalue weighted by Gasteiger charge is 2.30. The van der Waals surface area contributed by atoms with Gasteiger partial charge in [-0.05, 0) is 31.5 Å². The number of benzene rings is 1. The molecule has 7 heteroatoms. The van der Waals surface area contributed by atoms with Gasteiger partial charge < -0.3 is 15.0 Å². The van der Waals surface area contributed by atoms with Crippen LogP contribution in [0.15, 0.2) is 27.7 Å². The lowest BCUT2D eigenvalue weighted by Crippen LogP contribution is -2.46. The van der Waals surface area contributed by atoms with Gasteiger partial charge in [-0.3, -0.25) is 4.90 Å². The van der Waals surface area contributed by atoms with E-state index in [4.69, 9.17) is 4.74 Å². The van der Waals surface area contributed by atoms with E-state index >= 15 is 0 Å². The molecule has 0 saturated carbocycles. The van der Waals surface area contributed by atoms with Crippen molar-refractivity contribution in [2.75, 3.05) is 45.9 Å². The second kappa shape index (κ2) is 8.96. The number of hydrogen-bond donors (Lipinski definition) is 1. The summed E-state index contributed by atoms with van der Waals surface area (Å²) in [4.78, 5) is 9.48. The van der Waals surface area contributed by atoms with E-state index in [1.165, 1.54) is 6.07 Å². The standard InChI is InChI=1S/C18H26BrFN4O/c1-2-21-18(22-12-14-11-15(19)3-4-17(14)20)24-6-5-16(13-24)23-7-9-25-10-8-23/h3-4,11,16H,2,5-10,12-13H2,1H3,(H,21,22). The number of nitrogens with zero attached hydrogens (tertiary/aromatic N) is 3. The Kier molecular flexibility index (Phi) is 6.67. The van der Waals surface area contributed by atoms with Crippen molar-refractivity contribution in [1.82, 2.24) is 15.1 Å². The highest BCUT2D eigenvalue weighted by molar-refractivity contribution is 9.10. The Hall–Kier alpha value is -1.18. The fourth-order valence-corrected chi connectivity index (χ4v) is 3.83. The molecule has 0 aromatic heterocycles. The number of morpholine rings is 1. The van der Waals surface area contributed by atoms with E-state index in [1.807, 2.05) is 0 Å². The Morgan fingerprint density at radius 1 is 1.36 bits per heavy atom. The summed E-state index contributed by atoms with van der Waals surface area (Å²) in [6.45, 7) is 8.82. The Bertz CT molecular complexity index is 607. The number of likely N-dealkylation sites (tertiary alicyclic amines) is 1. The van der Waals surface area contributed by atoms with Gasteiger partial charge in [-0.1, -0.05) is 15.9 Å². The van der Waals surface area contributed by atoms with Gasteiger partial charge in [0.2, 0.25) is 0 Å². The van der Waals surface area contributed by atoms with E-state index in [-0.39, 0.29) is 5.82 Å². The highest BCUT2D eigenvalue weighted by atomic mass is 79.9. The number of rotatable bonds is 4. The predicted octanol–water partition coefficient (Wildman–Crippen LogP) is 2.46. The molecule has 2 heterocycles. The Labute approximate surface area is 157 Å². The highest BCUT2D eigenvalue weighted by Crippen LogP contribution is 2.19. The Morgan fingerprint density at radius 3 is 2.92 bits per heavy atom. The van der Waals surface area contributed by atoms with E-state index < -0.39 is 0 Å². The van der Waals surface area contributed by atoms with Crippen molar-refractivity contribution in [1.29, 1.82) is 0 Å². The number of ether oxygens (including phenoxy) is 1. The molecule has 1 unspecified atom stereocenters. The first kappa shape index (κ1) is 18.6. The average Bonchev–Trinajstić information content (AvgIpc) is 3.12. The molecule has 0 radical (unpaired) electrons. The normalized spacial score (nSPS) is 22.4. The van der Waals surface area contributed by atoms with Gasteiger partial charge in [-0.15, -0.1) is 0 Å². The second-order valence-corrected chi connectivity index (χ2v) is 7.36. The molecular formula is C18H26BrFN4O. The molecule has 2 aliphatic rings. The summed E-state index contributed by atoms with van der Waals surface area (Å²) in [7, 11) is 0. The van der Waals surface area contributed by atoms with Gasteiger partial charge in [0, 0.05) is 48.8 Å². The van der Waals surface area contributed by atoms with Crippen molar-refractivity contribution in [2.24, 2.45) is 4.99 Å². The molecular weight excluding hydrogens is 387 g/mol. The maximum Gasteiger partial charge on any atom is 0.194 e. The molecule has 1 aromatic carbocycles. The van der Waals surface area contributed by atoms with E-state index in [9.17, 15) is 4.39 Å². The summed E-state index contributed by atoms with van der Waals surface area (Å²) < 4.78 is 20.3. The average molecular weight is 413 g/mol. The first-order valence-corrected chi connectivity index (χ1v) is 9.75. The smallest absolute Gasteiger partial charge is 0.194 e. The zero-order valence-corrected chi connectivity index (χ0v) is 16.3. The first-order chi connectivity index (χ1) is 12.2. The van der Waals surface area contributed by atoms with Crippen LogP contribution in [0.4, 0.5) is 4.39 Å². The minimum absolute atomic E-state index is 0.213. The van der Waals surface area contributed by atoms with E-state index in [0.29, 0.717) is 18.2 Å². The summed E-state index contributed by atoms with van der Waals surface area (Å²) in [6.07, 6.45) is 1.13. The molecule has 1 aromatic rings. The van der Waals surface area contributed by atoms with Crippen LogP contribution in [0.2, 0.25) is 0 Å². The maximum absolute atomic E-state index is 13.9. The lowest BCUT2D eigenvalue weighted by molar-refractivity contribution is 0.0195. The molecule has 5 nitrogen and oxygen atoms in total. The van der Waals surface area contributed by atoms with Gasteiger partial charge in [-0.2, -0.15) is 0 Å². The number of guanidine groups is 1. The summed E-state index contributed by atoms with van der Waals surface area (Å²) in [6, 6.07) is 5.53. The van der Waals surface area contributed by atoms with E-state index in [1.54, 1.807) is 12.1 Å². The molecule has 2 fully saturated rings. The van der Waals surface area contributed by atoms with Crippen molar-refractivity contribution < 1.29 is 9.13 Å². The molecule has 1 atom stereocenters. The van der Waals surface area contributed by atoms with Crippen LogP contribution in [0.1, 0.15) is 18.9 Å². The molecule has 0 amide bonds. The van der Waals surface area contributed by atoms with Crippen molar-refractivity contribution in [2.45, 2.75) is 25.9 Å². The molecule has 0 spiro atoms. The molecule has 138 valence electrons. The monoisotopic (exact) mass is 412 g/mol. The maximum atomic E-state index is 13.9. The third-order valence-electron chi connectivity index (χ3n) is 4.77. The molecule has 0 aliphatic carbocycles. The van der Waals surface area contributed by atoms with Crippen molar-refractivity contribution in [3.8, 4) is 0 Å². The molecule has 1 N–H and O–H groups in total. The van der Waals surface area contributed by atoms with Crippen LogP contribution in [-0.2, 0) is 11.3 Å². The fraction of sp³-hybridized carbons (Fsp3) is 0.611. The van der Waals surface area contributed by atoms with Crippen LogP contribution in [0.3, 0.4) is 0 Å². The predicted molar refractivity (Wildman–Crippen MR) is 101 cm³/mol. The third kappa shape index (κ3) is 4.92. The minimum Gasteiger partial charge on any atom is -0.379 e. The minimum atomic E-state index is -0.213. The largest absolute Gasteiger partial charge is 0.379 e. The third-order valence-corrected chi connectivity index (χ3v) is 5.26. The lowest BCUT2D eigenvalue weighted by Gasteiger charge is -2.32. The first-order valence-electron chi connectivity index (χ1n) is 8.96. The summed E-state index contributed by atoms with van der Waals surface area (Å²) >= 11 is 3.40. The van der Waals surface area contributed by atoms with Crippen LogP contribution >= 0.6 is 15.9 Å². The number of halogens is 2. The van der Waals surface area contributed by atoms with Crippen LogP contribution < -0.4 is 5.32 Å². The second-order valence-electron chi connectivity index (χ2n) is 6.44. The SMILES string of the molecule is CCNC(=NCc1cc(Br)ccc1F)N1CCC(N2CCOCC2)C1. The van der Waals surface area contributed by atoms with Crippen molar-refractivity contribution in [3.05, 3.63) is 34.1 Å². The topological polar surface area (TPSA) is 40.1 Å². The molecule has 3 rings (SSSR count). The summed E-state index contributed by atoms with van der Waals surface area (Å²) in [5, 5.41) is 3.35. The molecule has 25 heavy (non-hydrogen) atoms. The van der Waals surface area contributed by atoms with Gasteiger partial charge in [0.15, 0.2) is 5.96 Å². The van der Waals surface area contributed by atoms with E-state index in [2.05, 4.69) is 43.0 Å². The number of nitrogens with one attached hydrogen (secondary N) is 1. The quantitative estimate of drug-likeness (QED) is 0.608. The number of aliphatic imine (C=N–C) groups is 1. The van der Waals surface area contributed by atoms with Crippen LogP contribution in [-0.4, -0.2) is 67.7 Å². The van der Waals surface area contributed by atoms with Crippen LogP contribution in [0, 0.1) is 5.82 Å². The van der Waals surface area contributed by atoms with Gasteiger partial charge in [0.25, 0.3) is 0 Å². The fourth-order valence-electron chi connectivity index (χ4n) is 3.43. The van der Waals surface area contributed by atoms with Crippen molar-refractivity contribution >= 4 is 21.9 Å². The van der Waals surface area contributed by atoms with Gasteiger partial charge >= 0.3 is 0 Å². The summed E-state index contributed by atoms with van der Waals surface area (Å²) in [5.41, 5.74) is 0.605.